The van der Waals surface area contributed by atoms with E-state index >= 15 is 0 Å². The molecule has 3 rings (SSSR count). The number of nitrogens with two attached hydrogens (primary N) is 1. The van der Waals surface area contributed by atoms with Gasteiger partial charge in [0.15, 0.2) is 0 Å². The molecule has 3 aliphatic rings. The molecule has 0 aromatic rings. The first-order valence-corrected chi connectivity index (χ1v) is 8.50. The van der Waals surface area contributed by atoms with Crippen molar-refractivity contribution in [1.29, 1.82) is 0 Å². The molecule has 2 saturated carbocycles. The van der Waals surface area contributed by atoms with Gasteiger partial charge >= 0.3 is 6.18 Å². The molecule has 2 nitrogen and oxygen atoms in total. The predicted octanol–water partition coefficient (Wildman–Crippen LogP) is 3.70. The van der Waals surface area contributed by atoms with E-state index in [0.29, 0.717) is 24.9 Å². The van der Waals surface area contributed by atoms with Gasteiger partial charge in [-0.25, -0.2) is 0 Å². The molecule has 2 aliphatic carbocycles. The highest BCUT2D eigenvalue weighted by atomic mass is 19.4. The minimum atomic E-state index is -4.06. The molecule has 5 heteroatoms. The summed E-state index contributed by atoms with van der Waals surface area (Å²) in [5.41, 5.74) is 5.64. The average molecular weight is 304 g/mol. The molecule has 0 radical (unpaired) electrons. The molecule has 0 bridgehead atoms. The molecule has 2 N–H and O–H groups in total. The van der Waals surface area contributed by atoms with E-state index in [4.69, 9.17) is 5.73 Å². The zero-order valence-electron chi connectivity index (χ0n) is 12.7. The summed E-state index contributed by atoms with van der Waals surface area (Å²) in [4.78, 5) is 2.41. The first kappa shape index (κ1) is 15.6. The number of hydrogen-bond donors (Lipinski definition) is 1. The Labute approximate surface area is 125 Å². The Hall–Kier alpha value is -0.290. The highest BCUT2D eigenvalue weighted by Crippen LogP contribution is 2.48. The van der Waals surface area contributed by atoms with E-state index in [1.165, 1.54) is 19.3 Å². The van der Waals surface area contributed by atoms with E-state index in [1.54, 1.807) is 0 Å². The maximum atomic E-state index is 13.2. The summed E-state index contributed by atoms with van der Waals surface area (Å²) in [6.07, 6.45) is 4.03. The van der Waals surface area contributed by atoms with Crippen LogP contribution in [0.25, 0.3) is 0 Å². The monoisotopic (exact) mass is 304 g/mol. The number of nitrogens with zero attached hydrogens (tertiary/aromatic N) is 1. The van der Waals surface area contributed by atoms with Gasteiger partial charge in [-0.2, -0.15) is 13.2 Å². The number of rotatable bonds is 2. The van der Waals surface area contributed by atoms with E-state index in [1.807, 2.05) is 0 Å². The number of hydrogen-bond acceptors (Lipinski definition) is 2. The summed E-state index contributed by atoms with van der Waals surface area (Å²) in [6, 6.07) is 0.495. The lowest BCUT2D eigenvalue weighted by atomic mass is 9.73. The molecule has 21 heavy (non-hydrogen) atoms. The third-order valence-electron chi connectivity index (χ3n) is 6.28. The van der Waals surface area contributed by atoms with Gasteiger partial charge in [-0.1, -0.05) is 19.3 Å². The molecule has 4 unspecified atom stereocenters. The van der Waals surface area contributed by atoms with Gasteiger partial charge in [0.1, 0.15) is 0 Å². The van der Waals surface area contributed by atoms with E-state index in [-0.39, 0.29) is 12.8 Å². The van der Waals surface area contributed by atoms with Crippen LogP contribution in [0.3, 0.4) is 0 Å². The molecular formula is C16H27F3N2. The summed E-state index contributed by atoms with van der Waals surface area (Å²) < 4.78 is 39.5. The predicted molar refractivity (Wildman–Crippen MR) is 76.9 cm³/mol. The Morgan fingerprint density at radius 3 is 2.52 bits per heavy atom. The normalized spacial score (nSPS) is 42.0. The highest BCUT2D eigenvalue weighted by molar-refractivity contribution is 5.04. The third kappa shape index (κ3) is 2.83. The van der Waals surface area contributed by atoms with Gasteiger partial charge < -0.3 is 5.73 Å². The SMILES string of the molecule is NCC1(N2CCC3CCCCC32)CCCC(C(F)(F)F)C1. The standard InChI is InChI=1S/C16H27F3N2/c17-16(18,19)13-5-3-8-15(10-13,11-20)21-9-7-12-4-1-2-6-14(12)21/h12-14H,1-11,20H2. The Morgan fingerprint density at radius 1 is 1.05 bits per heavy atom. The number of alkyl halides is 3. The topological polar surface area (TPSA) is 29.3 Å². The average Bonchev–Trinajstić information content (AvgIpc) is 2.91. The first-order valence-electron chi connectivity index (χ1n) is 8.50. The van der Waals surface area contributed by atoms with Crippen molar-refractivity contribution < 1.29 is 13.2 Å². The first-order chi connectivity index (χ1) is 9.96. The van der Waals surface area contributed by atoms with Crippen LogP contribution in [-0.4, -0.2) is 35.7 Å². The molecule has 122 valence electrons. The van der Waals surface area contributed by atoms with E-state index in [9.17, 15) is 13.2 Å². The van der Waals surface area contributed by atoms with Crippen molar-refractivity contribution in [1.82, 2.24) is 4.90 Å². The summed E-state index contributed by atoms with van der Waals surface area (Å²) in [5, 5.41) is 0. The lowest BCUT2D eigenvalue weighted by Gasteiger charge is -2.50. The second-order valence-corrected chi connectivity index (χ2v) is 7.36. The van der Waals surface area contributed by atoms with Gasteiger partial charge in [0.2, 0.25) is 0 Å². The van der Waals surface area contributed by atoms with Gasteiger partial charge in [0.05, 0.1) is 5.92 Å². The summed E-state index contributed by atoms with van der Waals surface area (Å²) in [7, 11) is 0. The smallest absolute Gasteiger partial charge is 0.329 e. The number of likely N-dealkylation sites (tertiary alicyclic amines) is 1. The van der Waals surface area contributed by atoms with Crippen LogP contribution in [0, 0.1) is 11.8 Å². The molecule has 1 heterocycles. The largest absolute Gasteiger partial charge is 0.391 e. The molecule has 0 aromatic carbocycles. The molecule has 1 saturated heterocycles. The van der Waals surface area contributed by atoms with Gasteiger partial charge in [0, 0.05) is 18.1 Å². The fraction of sp³-hybridized carbons (Fsp3) is 1.00. The van der Waals surface area contributed by atoms with Gasteiger partial charge in [-0.3, -0.25) is 4.90 Å². The van der Waals surface area contributed by atoms with Crippen molar-refractivity contribution >= 4 is 0 Å². The third-order valence-corrected chi connectivity index (χ3v) is 6.28. The van der Waals surface area contributed by atoms with Crippen LogP contribution in [0.1, 0.15) is 57.8 Å². The van der Waals surface area contributed by atoms with Crippen LogP contribution in [0.15, 0.2) is 0 Å². The van der Waals surface area contributed by atoms with Crippen molar-refractivity contribution in [2.75, 3.05) is 13.1 Å². The Kier molecular flexibility index (Phi) is 4.25. The van der Waals surface area contributed by atoms with Crippen LogP contribution in [-0.2, 0) is 0 Å². The summed E-state index contributed by atoms with van der Waals surface area (Å²) >= 11 is 0. The molecule has 3 fully saturated rings. The van der Waals surface area contributed by atoms with Gasteiger partial charge in [0.25, 0.3) is 0 Å². The molecule has 0 aromatic heterocycles. The van der Waals surface area contributed by atoms with Crippen LogP contribution in [0.5, 0.6) is 0 Å². The Bertz CT molecular complexity index is 371. The molecule has 0 amide bonds. The van der Waals surface area contributed by atoms with Crippen molar-refractivity contribution in [2.45, 2.75) is 75.5 Å². The van der Waals surface area contributed by atoms with Crippen LogP contribution in [0.4, 0.5) is 13.2 Å². The minimum absolute atomic E-state index is 0.218. The molecule has 4 atom stereocenters. The fourth-order valence-electron chi connectivity index (χ4n) is 5.18. The molecule has 0 spiro atoms. The van der Waals surface area contributed by atoms with E-state index in [2.05, 4.69) is 4.90 Å². The lowest BCUT2D eigenvalue weighted by molar-refractivity contribution is -0.194. The Morgan fingerprint density at radius 2 is 1.81 bits per heavy atom. The maximum Gasteiger partial charge on any atom is 0.391 e. The second-order valence-electron chi connectivity index (χ2n) is 7.36. The highest BCUT2D eigenvalue weighted by Gasteiger charge is 2.52. The Balaban J connectivity index is 1.79. The van der Waals surface area contributed by atoms with Crippen LogP contribution in [0.2, 0.25) is 0 Å². The zero-order chi connectivity index (χ0) is 15.1. The fourth-order valence-corrected chi connectivity index (χ4v) is 5.18. The quantitative estimate of drug-likeness (QED) is 0.843. The maximum absolute atomic E-state index is 13.2. The van der Waals surface area contributed by atoms with Crippen molar-refractivity contribution in [3.8, 4) is 0 Å². The van der Waals surface area contributed by atoms with E-state index in [0.717, 1.165) is 25.8 Å². The molecule has 1 aliphatic heterocycles. The van der Waals surface area contributed by atoms with Gasteiger partial charge in [-0.15, -0.1) is 0 Å². The number of fused-ring (bicyclic) bond motifs is 1. The minimum Gasteiger partial charge on any atom is -0.329 e. The lowest BCUT2D eigenvalue weighted by Crippen LogP contribution is -2.59. The number of halogens is 3. The van der Waals surface area contributed by atoms with E-state index < -0.39 is 17.6 Å². The van der Waals surface area contributed by atoms with Crippen LogP contribution < -0.4 is 5.73 Å². The van der Waals surface area contributed by atoms with Crippen LogP contribution >= 0.6 is 0 Å². The zero-order valence-corrected chi connectivity index (χ0v) is 12.7. The van der Waals surface area contributed by atoms with Crippen molar-refractivity contribution in [3.63, 3.8) is 0 Å². The second kappa shape index (κ2) is 5.73. The van der Waals surface area contributed by atoms with Crippen molar-refractivity contribution in [3.05, 3.63) is 0 Å². The van der Waals surface area contributed by atoms with Gasteiger partial charge in [-0.05, 0) is 51.0 Å². The van der Waals surface area contributed by atoms with Crippen molar-refractivity contribution in [2.24, 2.45) is 17.6 Å². The summed E-state index contributed by atoms with van der Waals surface area (Å²) in [6.45, 7) is 1.33. The molecular weight excluding hydrogens is 277 g/mol. The summed E-state index contributed by atoms with van der Waals surface area (Å²) in [5.74, 6) is -0.453.